The Balaban J connectivity index is 1.52. The number of aryl methyl sites for hydroxylation is 1. The van der Waals surface area contributed by atoms with Gasteiger partial charge in [0.15, 0.2) is 5.78 Å². The molecule has 0 spiro atoms. The standard InChI is InChI=1S/C15H14N4O2S2/c1-9-18-19-15(23-9)17-14(21)8-22-7-10-6-13(20)11-4-2-3-5-12(11)16-10/h2-5H,6-8H2,1H3,(H,17,19,21). The highest BCUT2D eigenvalue weighted by atomic mass is 32.2. The normalized spacial score (nSPS) is 13.4. The number of anilines is 1. The smallest absolute Gasteiger partial charge is 0.236 e. The fourth-order valence-electron chi connectivity index (χ4n) is 2.14. The highest BCUT2D eigenvalue weighted by Crippen LogP contribution is 2.26. The van der Waals surface area contributed by atoms with Crippen LogP contribution < -0.4 is 5.32 Å². The molecule has 0 fully saturated rings. The minimum atomic E-state index is -0.130. The van der Waals surface area contributed by atoms with Gasteiger partial charge in [0.1, 0.15) is 5.01 Å². The number of para-hydroxylation sites is 1. The summed E-state index contributed by atoms with van der Waals surface area (Å²) in [6.07, 6.45) is 0.321. The van der Waals surface area contributed by atoms with Gasteiger partial charge < -0.3 is 0 Å². The van der Waals surface area contributed by atoms with Crippen molar-refractivity contribution in [2.75, 3.05) is 16.8 Å². The molecule has 0 radical (unpaired) electrons. The zero-order valence-corrected chi connectivity index (χ0v) is 14.0. The van der Waals surface area contributed by atoms with Crippen molar-refractivity contribution in [1.29, 1.82) is 0 Å². The quantitative estimate of drug-likeness (QED) is 0.900. The molecule has 1 N–H and O–H groups in total. The van der Waals surface area contributed by atoms with Crippen molar-refractivity contribution < 1.29 is 9.59 Å². The molecule has 118 valence electrons. The number of nitrogens with one attached hydrogen (secondary N) is 1. The van der Waals surface area contributed by atoms with Gasteiger partial charge in [-0.25, -0.2) is 0 Å². The lowest BCUT2D eigenvalue weighted by Gasteiger charge is -2.13. The number of hydrogen-bond acceptors (Lipinski definition) is 7. The molecule has 3 rings (SSSR count). The van der Waals surface area contributed by atoms with Crippen molar-refractivity contribution >= 4 is 51.3 Å². The zero-order chi connectivity index (χ0) is 16.2. The second-order valence-electron chi connectivity index (χ2n) is 4.96. The fraction of sp³-hybridized carbons (Fsp3) is 0.267. The summed E-state index contributed by atoms with van der Waals surface area (Å²) in [4.78, 5) is 28.4. The largest absolute Gasteiger partial charge is 0.300 e. The van der Waals surface area contributed by atoms with E-state index < -0.39 is 0 Å². The van der Waals surface area contributed by atoms with Crippen molar-refractivity contribution in [2.45, 2.75) is 13.3 Å². The van der Waals surface area contributed by atoms with E-state index in [2.05, 4.69) is 20.5 Å². The Labute approximate surface area is 141 Å². The number of benzene rings is 1. The van der Waals surface area contributed by atoms with Crippen LogP contribution in [0, 0.1) is 6.92 Å². The first-order valence-electron chi connectivity index (χ1n) is 6.98. The Hall–Kier alpha value is -2.06. The van der Waals surface area contributed by atoms with Crippen LogP contribution in [0.5, 0.6) is 0 Å². The van der Waals surface area contributed by atoms with E-state index >= 15 is 0 Å². The Kier molecular flexibility index (Phi) is 4.82. The van der Waals surface area contributed by atoms with Gasteiger partial charge in [-0.3, -0.25) is 19.9 Å². The fourth-order valence-corrected chi connectivity index (χ4v) is 3.51. The maximum atomic E-state index is 12.1. The number of rotatable bonds is 5. The van der Waals surface area contributed by atoms with E-state index in [-0.39, 0.29) is 17.4 Å². The second-order valence-corrected chi connectivity index (χ2v) is 7.13. The van der Waals surface area contributed by atoms with Gasteiger partial charge in [0.2, 0.25) is 11.0 Å². The third-order valence-electron chi connectivity index (χ3n) is 3.12. The van der Waals surface area contributed by atoms with Crippen molar-refractivity contribution in [2.24, 2.45) is 4.99 Å². The lowest BCUT2D eigenvalue weighted by atomic mass is 10.0. The Morgan fingerprint density at radius 3 is 2.96 bits per heavy atom. The van der Waals surface area contributed by atoms with Crippen molar-refractivity contribution in [3.63, 3.8) is 0 Å². The number of Topliss-reactive ketones (excluding diaryl/α,β-unsaturated/α-hetero) is 1. The van der Waals surface area contributed by atoms with E-state index in [1.54, 1.807) is 6.07 Å². The monoisotopic (exact) mass is 346 g/mol. The number of hydrogen-bond donors (Lipinski definition) is 1. The van der Waals surface area contributed by atoms with Gasteiger partial charge in [-0.1, -0.05) is 23.5 Å². The number of aromatic nitrogens is 2. The first kappa shape index (κ1) is 15.8. The summed E-state index contributed by atoms with van der Waals surface area (Å²) in [5, 5.41) is 11.7. The maximum absolute atomic E-state index is 12.1. The molecule has 0 atom stereocenters. The summed E-state index contributed by atoms with van der Waals surface area (Å²) in [5.74, 6) is 0.796. The topological polar surface area (TPSA) is 84.3 Å². The van der Waals surface area contributed by atoms with E-state index in [1.807, 2.05) is 25.1 Å². The molecule has 1 aliphatic rings. The lowest BCUT2D eigenvalue weighted by Crippen LogP contribution is -2.18. The van der Waals surface area contributed by atoms with Gasteiger partial charge in [0.05, 0.1) is 17.9 Å². The number of nitrogens with zero attached hydrogens (tertiary/aromatic N) is 3. The molecule has 23 heavy (non-hydrogen) atoms. The summed E-state index contributed by atoms with van der Waals surface area (Å²) < 4.78 is 0. The first-order chi connectivity index (χ1) is 11.1. The summed E-state index contributed by atoms with van der Waals surface area (Å²) in [5.41, 5.74) is 2.19. The highest BCUT2D eigenvalue weighted by molar-refractivity contribution is 8.00. The lowest BCUT2D eigenvalue weighted by molar-refractivity contribution is -0.113. The summed E-state index contributed by atoms with van der Waals surface area (Å²) in [6.45, 7) is 1.83. The SMILES string of the molecule is Cc1nnc(NC(=O)CSCC2=Nc3ccccc3C(=O)C2)s1. The van der Waals surface area contributed by atoms with Crippen LogP contribution in [-0.4, -0.2) is 39.1 Å². The molecule has 6 nitrogen and oxygen atoms in total. The molecule has 1 aliphatic heterocycles. The molecule has 0 aliphatic carbocycles. The molecule has 0 saturated carbocycles. The Morgan fingerprint density at radius 2 is 2.17 bits per heavy atom. The van der Waals surface area contributed by atoms with Crippen LogP contribution in [0.2, 0.25) is 0 Å². The minimum absolute atomic E-state index is 0.0833. The maximum Gasteiger partial charge on any atom is 0.236 e. The number of carbonyl (C=O) groups is 2. The van der Waals surface area contributed by atoms with Crippen LogP contribution in [0.4, 0.5) is 10.8 Å². The summed E-state index contributed by atoms with van der Waals surface area (Å²) in [7, 11) is 0. The van der Waals surface area contributed by atoms with Gasteiger partial charge in [-0.2, -0.15) is 0 Å². The molecule has 0 saturated heterocycles. The van der Waals surface area contributed by atoms with E-state index in [9.17, 15) is 9.59 Å². The predicted molar refractivity (Wildman–Crippen MR) is 93.1 cm³/mol. The average molecular weight is 346 g/mol. The minimum Gasteiger partial charge on any atom is -0.300 e. The molecule has 1 aromatic carbocycles. The summed E-state index contributed by atoms with van der Waals surface area (Å²) in [6, 6.07) is 7.33. The Morgan fingerprint density at radius 1 is 1.35 bits per heavy atom. The van der Waals surface area contributed by atoms with Crippen LogP contribution >= 0.6 is 23.1 Å². The number of carbonyl (C=O) groups excluding carboxylic acids is 2. The van der Waals surface area contributed by atoms with Crippen LogP contribution in [-0.2, 0) is 4.79 Å². The van der Waals surface area contributed by atoms with E-state index in [0.717, 1.165) is 10.7 Å². The third-order valence-corrected chi connectivity index (χ3v) is 4.88. The number of thioether (sulfide) groups is 1. The van der Waals surface area contributed by atoms with E-state index in [4.69, 9.17) is 0 Å². The average Bonchev–Trinajstić information content (AvgIpc) is 2.92. The molecule has 1 amide bonds. The molecule has 2 aromatic rings. The highest BCUT2D eigenvalue weighted by Gasteiger charge is 2.19. The number of ketones is 1. The van der Waals surface area contributed by atoms with Crippen LogP contribution in [0.15, 0.2) is 29.3 Å². The van der Waals surface area contributed by atoms with Gasteiger partial charge >= 0.3 is 0 Å². The molecule has 0 unspecified atom stereocenters. The Bertz CT molecular complexity index is 785. The van der Waals surface area contributed by atoms with Gasteiger partial charge in [0.25, 0.3) is 0 Å². The number of fused-ring (bicyclic) bond motifs is 1. The summed E-state index contributed by atoms with van der Waals surface area (Å²) >= 11 is 2.77. The first-order valence-corrected chi connectivity index (χ1v) is 8.95. The van der Waals surface area contributed by atoms with Crippen molar-refractivity contribution in [3.8, 4) is 0 Å². The van der Waals surface area contributed by atoms with Gasteiger partial charge in [-0.05, 0) is 19.1 Å². The molecular formula is C15H14N4O2S2. The molecule has 1 aromatic heterocycles. The molecule has 8 heteroatoms. The van der Waals surface area contributed by atoms with E-state index in [0.29, 0.717) is 28.6 Å². The number of aliphatic imine (C=N–C) groups is 1. The van der Waals surface area contributed by atoms with Gasteiger partial charge in [-0.15, -0.1) is 22.0 Å². The van der Waals surface area contributed by atoms with Crippen LogP contribution in [0.25, 0.3) is 0 Å². The van der Waals surface area contributed by atoms with Crippen molar-refractivity contribution in [1.82, 2.24) is 10.2 Å². The molecule has 2 heterocycles. The molecular weight excluding hydrogens is 332 g/mol. The number of amides is 1. The second kappa shape index (κ2) is 7.01. The van der Waals surface area contributed by atoms with Crippen LogP contribution in [0.1, 0.15) is 21.8 Å². The van der Waals surface area contributed by atoms with E-state index in [1.165, 1.54) is 23.1 Å². The zero-order valence-electron chi connectivity index (χ0n) is 12.4. The molecule has 0 bridgehead atoms. The predicted octanol–water partition coefficient (Wildman–Crippen LogP) is 2.88. The van der Waals surface area contributed by atoms with Crippen molar-refractivity contribution in [3.05, 3.63) is 34.8 Å². The third kappa shape index (κ3) is 4.02. The van der Waals surface area contributed by atoms with Gasteiger partial charge in [0, 0.05) is 17.0 Å². The van der Waals surface area contributed by atoms with Crippen LogP contribution in [0.3, 0.4) is 0 Å².